The number of nitrogens with zero attached hydrogens (tertiary/aromatic N) is 6. The number of aryl methyl sites for hydroxylation is 2. The molecule has 10 nitrogen and oxygen atoms in total. The van der Waals surface area contributed by atoms with Gasteiger partial charge in [-0.25, -0.2) is 18.1 Å². The summed E-state index contributed by atoms with van der Waals surface area (Å²) in [5, 5.41) is 18.9. The zero-order valence-corrected chi connectivity index (χ0v) is 27.2. The predicted molar refractivity (Wildman–Crippen MR) is 172 cm³/mol. The van der Waals surface area contributed by atoms with Gasteiger partial charge in [0.15, 0.2) is 4.90 Å². The van der Waals surface area contributed by atoms with E-state index in [1.807, 2.05) is 48.9 Å². The fourth-order valence-corrected chi connectivity index (χ4v) is 9.45. The Kier molecular flexibility index (Phi) is 7.14. The number of likely N-dealkylation sites (N-methyl/N-ethyl adjacent to an activating group) is 1. The van der Waals surface area contributed by atoms with Crippen molar-refractivity contribution in [1.29, 1.82) is 0 Å². The number of fused-ring (bicyclic) bond motifs is 4. The number of rotatable bonds is 8. The molecule has 0 bridgehead atoms. The van der Waals surface area contributed by atoms with Crippen molar-refractivity contribution in [2.75, 3.05) is 20.1 Å². The molecule has 1 N–H and O–H groups in total. The quantitative estimate of drug-likeness (QED) is 0.268. The molecule has 1 unspecified atom stereocenters. The first-order chi connectivity index (χ1) is 21.4. The summed E-state index contributed by atoms with van der Waals surface area (Å²) >= 11 is 0. The Labute approximate surface area is 264 Å². The number of hydrogen-bond donors (Lipinski definition) is 1. The third-order valence-corrected chi connectivity index (χ3v) is 12.7. The van der Waals surface area contributed by atoms with Gasteiger partial charge in [0.05, 0.1) is 32.1 Å². The second-order valence-corrected chi connectivity index (χ2v) is 15.7. The first-order valence-electron chi connectivity index (χ1n) is 15.9. The van der Waals surface area contributed by atoms with Crippen molar-refractivity contribution in [2.24, 2.45) is 5.92 Å². The Morgan fingerprint density at radius 2 is 1.98 bits per heavy atom. The molecule has 45 heavy (non-hydrogen) atoms. The van der Waals surface area contributed by atoms with Gasteiger partial charge in [0.1, 0.15) is 11.1 Å². The van der Waals surface area contributed by atoms with Gasteiger partial charge in [-0.3, -0.25) is 9.28 Å². The highest BCUT2D eigenvalue weighted by Gasteiger charge is 2.57. The lowest BCUT2D eigenvalue weighted by molar-refractivity contribution is -0.137. The Bertz CT molecular complexity index is 1940. The van der Waals surface area contributed by atoms with E-state index in [0.717, 1.165) is 64.8 Å². The lowest BCUT2D eigenvalue weighted by Gasteiger charge is -2.42. The van der Waals surface area contributed by atoms with Crippen LogP contribution in [-0.2, 0) is 27.9 Å². The van der Waals surface area contributed by atoms with Crippen molar-refractivity contribution < 1.29 is 18.3 Å². The van der Waals surface area contributed by atoms with Gasteiger partial charge in [0.2, 0.25) is 5.82 Å². The van der Waals surface area contributed by atoms with Gasteiger partial charge in [-0.1, -0.05) is 29.5 Å². The monoisotopic (exact) mass is 629 g/mol. The van der Waals surface area contributed by atoms with Gasteiger partial charge in [-0.2, -0.15) is 4.31 Å². The van der Waals surface area contributed by atoms with Crippen LogP contribution >= 0.6 is 0 Å². The Morgan fingerprint density at radius 3 is 2.73 bits per heavy atom. The van der Waals surface area contributed by atoms with E-state index in [1.54, 1.807) is 22.6 Å². The second-order valence-electron chi connectivity index (χ2n) is 13.8. The fourth-order valence-electron chi connectivity index (χ4n) is 7.68. The highest BCUT2D eigenvalue weighted by Crippen LogP contribution is 2.46. The van der Waals surface area contributed by atoms with Crippen LogP contribution in [0.2, 0.25) is 0 Å². The minimum Gasteiger partial charge on any atom is -0.481 e. The van der Waals surface area contributed by atoms with Crippen molar-refractivity contribution in [3.8, 4) is 0 Å². The summed E-state index contributed by atoms with van der Waals surface area (Å²) in [6.07, 6.45) is 5.93. The molecule has 3 atom stereocenters. The number of carboxylic acids is 1. The molecule has 2 aromatic carbocycles. The minimum absolute atomic E-state index is 0.0972. The van der Waals surface area contributed by atoms with Crippen LogP contribution in [-0.4, -0.2) is 69.5 Å². The third kappa shape index (κ3) is 4.96. The summed E-state index contributed by atoms with van der Waals surface area (Å²) in [5.41, 5.74) is 5.92. The van der Waals surface area contributed by atoms with Gasteiger partial charge in [-0.15, -0.1) is 5.10 Å². The standard InChI is InChI=1S/C34H40N6O4S/c1-22-8-11-25(28(18-31(41)42)27-12-13-29-32(23(27)2)36-37-39(29)19-24-9-10-24)17-26(22)20-38-21-34(3)14-6-16-40(34,4)33-30(45(38,43)44)7-5-15-35-33/h5,7-8,11-13,15,17,24,28H,6,9-10,14,16,18-21H2,1-4H3/p+1/t28-,34-,40?/m1/s1. The third-order valence-electron chi connectivity index (χ3n) is 10.9. The van der Waals surface area contributed by atoms with Crippen LogP contribution in [0.4, 0.5) is 5.82 Å². The van der Waals surface area contributed by atoms with Crippen LogP contribution in [0.25, 0.3) is 11.0 Å². The van der Waals surface area contributed by atoms with E-state index in [0.29, 0.717) is 22.8 Å². The van der Waals surface area contributed by atoms with E-state index in [2.05, 4.69) is 29.3 Å². The van der Waals surface area contributed by atoms with Gasteiger partial charge in [0.25, 0.3) is 10.0 Å². The number of benzene rings is 2. The molecule has 0 amide bonds. The van der Waals surface area contributed by atoms with Crippen LogP contribution in [0.15, 0.2) is 53.6 Å². The second kappa shape index (κ2) is 10.7. The van der Waals surface area contributed by atoms with Gasteiger partial charge in [-0.05, 0) is 85.5 Å². The maximum absolute atomic E-state index is 14.3. The predicted octanol–water partition coefficient (Wildman–Crippen LogP) is 5.15. The average molecular weight is 630 g/mol. The van der Waals surface area contributed by atoms with E-state index in [1.165, 1.54) is 12.8 Å². The minimum atomic E-state index is -3.85. The van der Waals surface area contributed by atoms with Crippen molar-refractivity contribution in [2.45, 2.75) is 82.3 Å². The molecule has 11 heteroatoms. The first-order valence-corrected chi connectivity index (χ1v) is 17.3. The smallest absolute Gasteiger partial charge is 0.304 e. The molecule has 1 saturated carbocycles. The van der Waals surface area contributed by atoms with E-state index >= 15 is 0 Å². The van der Waals surface area contributed by atoms with Gasteiger partial charge >= 0.3 is 5.97 Å². The number of hydrogen-bond acceptors (Lipinski definition) is 6. The van der Waals surface area contributed by atoms with Crippen LogP contribution in [0, 0.1) is 19.8 Å². The molecule has 2 fully saturated rings. The Balaban J connectivity index is 1.28. The number of sulfonamides is 1. The summed E-state index contributed by atoms with van der Waals surface area (Å²) in [5.74, 6) is -0.0588. The van der Waals surface area contributed by atoms with Crippen LogP contribution < -0.4 is 4.48 Å². The summed E-state index contributed by atoms with van der Waals surface area (Å²) in [7, 11) is -1.73. The molecule has 1 saturated heterocycles. The molecular weight excluding hydrogens is 588 g/mol. The maximum atomic E-state index is 14.3. The summed E-state index contributed by atoms with van der Waals surface area (Å²) in [4.78, 5) is 17.1. The van der Waals surface area contributed by atoms with Crippen LogP contribution in [0.1, 0.15) is 72.8 Å². The number of carboxylic acid groups (broad SMARTS) is 1. The molecule has 4 aromatic rings. The number of quaternary nitrogens is 1. The summed E-state index contributed by atoms with van der Waals surface area (Å²) in [6, 6.07) is 13.4. The molecular formula is C34H41N6O4S+. The number of aromatic nitrogens is 4. The SMILES string of the molecule is Cc1ccc([C@@H](CC(=O)O)c2ccc3c(nnn3CC3CC3)c2C)cc1CN1C[C@@]2(C)CCC[N+]2(C)c2ncccc2S1(=O)=O. The Morgan fingerprint density at radius 1 is 1.18 bits per heavy atom. The number of aliphatic carboxylic acids is 1. The van der Waals surface area contributed by atoms with Crippen molar-refractivity contribution in [1.82, 2.24) is 28.8 Å². The Hall–Kier alpha value is -3.67. The number of carbonyl (C=O) groups is 1. The zero-order valence-electron chi connectivity index (χ0n) is 26.4. The van der Waals surface area contributed by atoms with E-state index < -0.39 is 21.9 Å². The summed E-state index contributed by atoms with van der Waals surface area (Å²) < 4.78 is 32.6. The first kappa shape index (κ1) is 30.0. The van der Waals surface area contributed by atoms with Crippen LogP contribution in [0.3, 0.4) is 0 Å². The largest absolute Gasteiger partial charge is 0.481 e. The number of pyridine rings is 1. The molecule has 2 aromatic heterocycles. The fraction of sp³-hybridized carbons (Fsp3) is 0.471. The van der Waals surface area contributed by atoms with E-state index in [9.17, 15) is 18.3 Å². The van der Waals surface area contributed by atoms with Gasteiger partial charge < -0.3 is 5.11 Å². The van der Waals surface area contributed by atoms with E-state index in [4.69, 9.17) is 0 Å². The topological polar surface area (TPSA) is 118 Å². The molecule has 236 valence electrons. The maximum Gasteiger partial charge on any atom is 0.304 e. The van der Waals surface area contributed by atoms with Crippen molar-refractivity contribution in [3.63, 3.8) is 0 Å². The molecule has 4 heterocycles. The highest BCUT2D eigenvalue weighted by molar-refractivity contribution is 7.89. The molecule has 3 aliphatic rings. The lowest BCUT2D eigenvalue weighted by atomic mass is 9.84. The normalized spacial score (nSPS) is 25.1. The van der Waals surface area contributed by atoms with Crippen molar-refractivity contribution >= 4 is 32.8 Å². The molecule has 7 rings (SSSR count). The summed E-state index contributed by atoms with van der Waals surface area (Å²) in [6.45, 7) is 8.41. The van der Waals surface area contributed by atoms with Gasteiger partial charge in [0, 0.05) is 38.0 Å². The lowest BCUT2D eigenvalue weighted by Crippen LogP contribution is -2.61. The molecule has 0 spiro atoms. The molecule has 2 aliphatic heterocycles. The van der Waals surface area contributed by atoms with Crippen molar-refractivity contribution in [3.05, 3.63) is 76.5 Å². The van der Waals surface area contributed by atoms with E-state index in [-0.39, 0.29) is 23.4 Å². The zero-order chi connectivity index (χ0) is 31.7. The highest BCUT2D eigenvalue weighted by atomic mass is 32.2. The average Bonchev–Trinajstić information content (AvgIpc) is 3.66. The van der Waals surface area contributed by atoms with Crippen LogP contribution in [0.5, 0.6) is 0 Å². The molecule has 0 radical (unpaired) electrons. The molecule has 1 aliphatic carbocycles.